The molecule has 0 amide bonds. The average molecular weight is 208 g/mol. The van der Waals surface area contributed by atoms with Gasteiger partial charge in [0.15, 0.2) is 0 Å². The Bertz CT molecular complexity index is 360. The number of aliphatic hydroxyl groups is 1. The quantitative estimate of drug-likeness (QED) is 0.769. The molecule has 0 aliphatic rings. The van der Waals surface area contributed by atoms with E-state index in [1.807, 2.05) is 26.0 Å². The summed E-state index contributed by atoms with van der Waals surface area (Å²) in [5.74, 6) is 0. The first-order valence-electron chi connectivity index (χ1n) is 4.32. The fraction of sp³-hybridized carbons (Fsp3) is 0.400. The van der Waals surface area contributed by atoms with E-state index in [1.54, 1.807) is 17.8 Å². The lowest BCUT2D eigenvalue weighted by Gasteiger charge is -2.07. The third kappa shape index (κ3) is 3.02. The molecule has 1 aromatic rings. The highest BCUT2D eigenvalue weighted by atomic mass is 32.2. The van der Waals surface area contributed by atoms with Gasteiger partial charge in [0, 0.05) is 15.8 Å². The van der Waals surface area contributed by atoms with Crippen LogP contribution in [0.15, 0.2) is 17.0 Å². The minimum absolute atomic E-state index is 0.133. The van der Waals surface area contributed by atoms with Gasteiger partial charge in [0.2, 0.25) is 0 Å². The van der Waals surface area contributed by atoms with Crippen molar-refractivity contribution in [2.45, 2.75) is 24.0 Å². The van der Waals surface area contributed by atoms with Crippen LogP contribution in [0.1, 0.15) is 18.3 Å². The maximum absolute atomic E-state index is 8.89. The van der Waals surface area contributed by atoms with Crippen molar-refractivity contribution in [3.05, 3.63) is 23.5 Å². The summed E-state index contributed by atoms with van der Waals surface area (Å²) in [6.45, 7) is 3.93. The number of rotatable bonds is 3. The zero-order valence-electron chi connectivity index (χ0n) is 8.19. The minimum Gasteiger partial charge on any atom is -0.395 e. The first-order chi connectivity index (χ1) is 6.65. The SMILES string of the molecule is Cc1cc(SC(C)CO)cc(C#N)n1. The fourth-order valence-corrected chi connectivity index (χ4v) is 1.99. The third-order valence-corrected chi connectivity index (χ3v) is 2.70. The fourth-order valence-electron chi connectivity index (χ4n) is 1.03. The second-order valence-electron chi connectivity index (χ2n) is 3.05. The van der Waals surface area contributed by atoms with Gasteiger partial charge in [0.1, 0.15) is 11.8 Å². The van der Waals surface area contributed by atoms with Gasteiger partial charge in [0.05, 0.1) is 6.61 Å². The van der Waals surface area contributed by atoms with Crippen molar-refractivity contribution >= 4 is 11.8 Å². The molecule has 0 bridgehead atoms. The van der Waals surface area contributed by atoms with Gasteiger partial charge in [0.25, 0.3) is 0 Å². The standard InChI is InChI=1S/C10H12N2OS/c1-7-3-10(14-8(2)6-13)4-9(5-11)12-7/h3-4,8,13H,6H2,1-2H3. The van der Waals surface area contributed by atoms with Gasteiger partial charge in [-0.2, -0.15) is 5.26 Å². The third-order valence-electron chi connectivity index (χ3n) is 1.64. The Morgan fingerprint density at radius 1 is 1.64 bits per heavy atom. The van der Waals surface area contributed by atoms with Crippen LogP contribution in [-0.2, 0) is 0 Å². The highest BCUT2D eigenvalue weighted by Crippen LogP contribution is 2.23. The Morgan fingerprint density at radius 2 is 2.36 bits per heavy atom. The van der Waals surface area contributed by atoms with Crippen LogP contribution >= 0.6 is 11.8 Å². The van der Waals surface area contributed by atoms with Crippen LogP contribution < -0.4 is 0 Å². The highest BCUT2D eigenvalue weighted by molar-refractivity contribution is 8.00. The van der Waals surface area contributed by atoms with Gasteiger partial charge in [-0.15, -0.1) is 11.8 Å². The summed E-state index contributed by atoms with van der Waals surface area (Å²) in [7, 11) is 0. The molecule has 0 saturated carbocycles. The van der Waals surface area contributed by atoms with Crippen molar-refractivity contribution in [3.8, 4) is 6.07 Å². The van der Waals surface area contributed by atoms with Crippen LogP contribution in [0.25, 0.3) is 0 Å². The molecule has 74 valence electrons. The maximum atomic E-state index is 8.89. The summed E-state index contributed by atoms with van der Waals surface area (Å²) >= 11 is 1.55. The summed E-state index contributed by atoms with van der Waals surface area (Å²) in [6, 6.07) is 5.67. The Balaban J connectivity index is 2.88. The molecule has 1 heterocycles. The van der Waals surface area contributed by atoms with Gasteiger partial charge >= 0.3 is 0 Å². The molecule has 0 spiro atoms. The number of hydrogen-bond donors (Lipinski definition) is 1. The molecule has 0 aromatic carbocycles. The second kappa shape index (κ2) is 4.99. The van der Waals surface area contributed by atoms with E-state index >= 15 is 0 Å². The van der Waals surface area contributed by atoms with E-state index in [-0.39, 0.29) is 11.9 Å². The zero-order valence-corrected chi connectivity index (χ0v) is 9.01. The molecule has 0 aliphatic carbocycles. The molecule has 4 heteroatoms. The van der Waals surface area contributed by atoms with Crippen molar-refractivity contribution < 1.29 is 5.11 Å². The van der Waals surface area contributed by atoms with Crippen molar-refractivity contribution in [1.82, 2.24) is 4.98 Å². The summed E-state index contributed by atoms with van der Waals surface area (Å²) in [5.41, 5.74) is 1.26. The van der Waals surface area contributed by atoms with Gasteiger partial charge in [-0.25, -0.2) is 4.98 Å². The van der Waals surface area contributed by atoms with E-state index in [9.17, 15) is 0 Å². The molecule has 0 fully saturated rings. The van der Waals surface area contributed by atoms with E-state index in [0.29, 0.717) is 5.69 Å². The number of nitriles is 1. The summed E-state index contributed by atoms with van der Waals surface area (Å²) in [6.07, 6.45) is 0. The molecule has 1 rings (SSSR count). The first kappa shape index (κ1) is 11.0. The number of aryl methyl sites for hydroxylation is 1. The molecule has 0 radical (unpaired) electrons. The van der Waals surface area contributed by atoms with Crippen LogP contribution in [0.3, 0.4) is 0 Å². The van der Waals surface area contributed by atoms with E-state index in [1.165, 1.54) is 0 Å². The number of aromatic nitrogens is 1. The first-order valence-corrected chi connectivity index (χ1v) is 5.20. The number of aliphatic hydroxyl groups excluding tert-OH is 1. The smallest absolute Gasteiger partial charge is 0.141 e. The Morgan fingerprint density at radius 3 is 2.93 bits per heavy atom. The van der Waals surface area contributed by atoms with E-state index in [2.05, 4.69) is 4.98 Å². The van der Waals surface area contributed by atoms with Gasteiger partial charge in [-0.05, 0) is 19.1 Å². The summed E-state index contributed by atoms with van der Waals surface area (Å²) in [5, 5.41) is 17.7. The summed E-state index contributed by atoms with van der Waals surface area (Å²) < 4.78 is 0. The van der Waals surface area contributed by atoms with Gasteiger partial charge < -0.3 is 5.11 Å². The maximum Gasteiger partial charge on any atom is 0.141 e. The Kier molecular flexibility index (Phi) is 3.93. The number of nitrogens with zero attached hydrogens (tertiary/aromatic N) is 2. The molecule has 14 heavy (non-hydrogen) atoms. The number of pyridine rings is 1. The Labute approximate surface area is 87.8 Å². The van der Waals surface area contributed by atoms with Crippen LogP contribution in [-0.4, -0.2) is 21.9 Å². The van der Waals surface area contributed by atoms with Crippen molar-refractivity contribution in [1.29, 1.82) is 5.26 Å². The second-order valence-corrected chi connectivity index (χ2v) is 4.56. The Hall–Kier alpha value is -1.05. The normalized spacial score (nSPS) is 12.1. The van der Waals surface area contributed by atoms with E-state index in [4.69, 9.17) is 10.4 Å². The zero-order chi connectivity index (χ0) is 10.6. The molecule has 3 nitrogen and oxygen atoms in total. The molecule has 0 aliphatic heterocycles. The minimum atomic E-state index is 0.133. The van der Waals surface area contributed by atoms with Crippen molar-refractivity contribution in [3.63, 3.8) is 0 Å². The molecule has 1 aromatic heterocycles. The van der Waals surface area contributed by atoms with E-state index in [0.717, 1.165) is 10.6 Å². The van der Waals surface area contributed by atoms with Crippen LogP contribution in [0, 0.1) is 18.3 Å². The predicted molar refractivity (Wildman–Crippen MR) is 56.1 cm³/mol. The highest BCUT2D eigenvalue weighted by Gasteiger charge is 2.05. The average Bonchev–Trinajstić information content (AvgIpc) is 2.16. The molecule has 1 atom stereocenters. The molecule has 1 N–H and O–H groups in total. The van der Waals surface area contributed by atoms with Crippen LogP contribution in [0.4, 0.5) is 0 Å². The van der Waals surface area contributed by atoms with Gasteiger partial charge in [-0.1, -0.05) is 6.92 Å². The largest absolute Gasteiger partial charge is 0.395 e. The molecule has 1 unspecified atom stereocenters. The van der Waals surface area contributed by atoms with E-state index < -0.39 is 0 Å². The number of hydrogen-bond acceptors (Lipinski definition) is 4. The van der Waals surface area contributed by atoms with Crippen LogP contribution in [0.5, 0.6) is 0 Å². The topological polar surface area (TPSA) is 56.9 Å². The van der Waals surface area contributed by atoms with Crippen molar-refractivity contribution in [2.24, 2.45) is 0 Å². The van der Waals surface area contributed by atoms with Crippen LogP contribution in [0.2, 0.25) is 0 Å². The lowest BCUT2D eigenvalue weighted by molar-refractivity contribution is 0.300. The lowest BCUT2D eigenvalue weighted by atomic mass is 10.3. The predicted octanol–water partition coefficient (Wildman–Crippen LogP) is 1.73. The lowest BCUT2D eigenvalue weighted by Crippen LogP contribution is -2.01. The van der Waals surface area contributed by atoms with Crippen molar-refractivity contribution in [2.75, 3.05) is 6.61 Å². The molecular formula is C10H12N2OS. The van der Waals surface area contributed by atoms with Gasteiger partial charge in [-0.3, -0.25) is 0 Å². The number of thioether (sulfide) groups is 1. The monoisotopic (exact) mass is 208 g/mol. The molecule has 0 saturated heterocycles. The molecular weight excluding hydrogens is 196 g/mol. The summed E-state index contributed by atoms with van der Waals surface area (Å²) in [4.78, 5) is 5.03.